The summed E-state index contributed by atoms with van der Waals surface area (Å²) in [6.45, 7) is 4.08. The Balaban J connectivity index is 1.50. The lowest BCUT2D eigenvalue weighted by molar-refractivity contribution is -0.126. The molecule has 2 heterocycles. The van der Waals surface area contributed by atoms with Gasteiger partial charge in [0.2, 0.25) is 5.91 Å². The lowest BCUT2D eigenvalue weighted by Gasteiger charge is -2.14. The van der Waals surface area contributed by atoms with Gasteiger partial charge in [-0.3, -0.25) is 4.79 Å². The summed E-state index contributed by atoms with van der Waals surface area (Å²) in [6, 6.07) is 8.40. The number of carbonyl (C=O) groups excluding carboxylic acids is 1. The zero-order valence-corrected chi connectivity index (χ0v) is 17.8. The van der Waals surface area contributed by atoms with E-state index >= 15 is 0 Å². The molecule has 1 saturated heterocycles. The number of carbonyl (C=O) groups is 1. The van der Waals surface area contributed by atoms with Crippen LogP contribution in [0.2, 0.25) is 0 Å². The van der Waals surface area contributed by atoms with Crippen molar-refractivity contribution in [1.82, 2.24) is 14.5 Å². The maximum atomic E-state index is 12.0. The maximum Gasteiger partial charge on any atom is 0.223 e. The number of hydrogen-bond donors (Lipinski definition) is 0. The summed E-state index contributed by atoms with van der Waals surface area (Å²) >= 11 is 0. The summed E-state index contributed by atoms with van der Waals surface area (Å²) in [5.74, 6) is 1.57. The van der Waals surface area contributed by atoms with Gasteiger partial charge in [-0.1, -0.05) is 76.8 Å². The van der Waals surface area contributed by atoms with E-state index in [-0.39, 0.29) is 11.8 Å². The molecule has 0 radical (unpaired) electrons. The molecule has 1 aliphatic rings. The number of rotatable bonds is 12. The van der Waals surface area contributed by atoms with Gasteiger partial charge in [-0.25, -0.2) is 4.98 Å². The number of aromatic nitrogens is 2. The van der Waals surface area contributed by atoms with Crippen molar-refractivity contribution < 1.29 is 4.79 Å². The number of fused-ring (bicyclic) bond motifs is 1. The summed E-state index contributed by atoms with van der Waals surface area (Å²) in [5.41, 5.74) is 2.28. The molecule has 3 rings (SSSR count). The average Bonchev–Trinajstić information content (AvgIpc) is 3.23. The largest absolute Gasteiger partial charge is 0.345 e. The van der Waals surface area contributed by atoms with E-state index in [9.17, 15) is 4.79 Å². The number of para-hydroxylation sites is 2. The fraction of sp³-hybridized carbons (Fsp3) is 0.667. The van der Waals surface area contributed by atoms with Gasteiger partial charge in [-0.2, -0.15) is 0 Å². The third kappa shape index (κ3) is 5.36. The summed E-state index contributed by atoms with van der Waals surface area (Å²) in [4.78, 5) is 18.8. The van der Waals surface area contributed by atoms with Crippen LogP contribution in [0.1, 0.15) is 89.3 Å². The molecular weight excluding hydrogens is 346 g/mol. The fourth-order valence-electron chi connectivity index (χ4n) is 4.43. The third-order valence-electron chi connectivity index (χ3n) is 6.13. The molecule has 1 unspecified atom stereocenters. The van der Waals surface area contributed by atoms with Crippen LogP contribution in [0.25, 0.3) is 11.0 Å². The summed E-state index contributed by atoms with van der Waals surface area (Å²) < 4.78 is 2.39. The van der Waals surface area contributed by atoms with Gasteiger partial charge in [0.1, 0.15) is 5.82 Å². The molecule has 28 heavy (non-hydrogen) atoms. The minimum Gasteiger partial charge on any atom is -0.345 e. The quantitative estimate of drug-likeness (QED) is 0.428. The first kappa shape index (κ1) is 20.9. The van der Waals surface area contributed by atoms with Gasteiger partial charge in [0, 0.05) is 32.5 Å². The highest BCUT2D eigenvalue weighted by molar-refractivity contribution is 5.80. The van der Waals surface area contributed by atoms with Crippen LogP contribution in [0, 0.1) is 0 Å². The molecule has 1 aromatic heterocycles. The molecular formula is C24H37N3O. The van der Waals surface area contributed by atoms with Crippen LogP contribution in [-0.4, -0.2) is 34.0 Å². The van der Waals surface area contributed by atoms with Crippen molar-refractivity contribution in [3.63, 3.8) is 0 Å². The second kappa shape index (κ2) is 10.6. The fourth-order valence-corrected chi connectivity index (χ4v) is 4.43. The van der Waals surface area contributed by atoms with Crippen molar-refractivity contribution in [2.75, 3.05) is 13.6 Å². The van der Waals surface area contributed by atoms with E-state index in [0.717, 1.165) is 24.4 Å². The van der Waals surface area contributed by atoms with Gasteiger partial charge in [0.15, 0.2) is 0 Å². The van der Waals surface area contributed by atoms with E-state index in [4.69, 9.17) is 4.98 Å². The minimum absolute atomic E-state index is 0.230. The van der Waals surface area contributed by atoms with Crippen molar-refractivity contribution >= 4 is 16.9 Å². The highest BCUT2D eigenvalue weighted by Crippen LogP contribution is 2.30. The zero-order valence-electron chi connectivity index (χ0n) is 17.8. The number of likely N-dealkylation sites (tertiary alicyclic amines) is 1. The molecule has 4 heteroatoms. The van der Waals surface area contributed by atoms with Crippen molar-refractivity contribution in [2.45, 2.75) is 90.0 Å². The summed E-state index contributed by atoms with van der Waals surface area (Å²) in [6.07, 6.45) is 14.1. The van der Waals surface area contributed by atoms with Gasteiger partial charge in [0.05, 0.1) is 11.0 Å². The van der Waals surface area contributed by atoms with Crippen molar-refractivity contribution in [2.24, 2.45) is 0 Å². The lowest BCUT2D eigenvalue weighted by Crippen LogP contribution is -2.19. The molecule has 1 amide bonds. The van der Waals surface area contributed by atoms with E-state index in [1.807, 2.05) is 11.9 Å². The second-order valence-corrected chi connectivity index (χ2v) is 8.47. The van der Waals surface area contributed by atoms with E-state index in [1.54, 1.807) is 0 Å². The molecule has 2 aromatic rings. The molecule has 154 valence electrons. The summed E-state index contributed by atoms with van der Waals surface area (Å²) in [7, 11) is 1.90. The number of hydrogen-bond acceptors (Lipinski definition) is 2. The van der Waals surface area contributed by atoms with Gasteiger partial charge in [-0.15, -0.1) is 0 Å². The lowest BCUT2D eigenvalue weighted by atomic mass is 10.1. The van der Waals surface area contributed by atoms with Crippen molar-refractivity contribution in [1.29, 1.82) is 0 Å². The average molecular weight is 384 g/mol. The molecule has 1 aromatic carbocycles. The van der Waals surface area contributed by atoms with Crippen molar-refractivity contribution in [3.8, 4) is 0 Å². The number of imidazole rings is 1. The highest BCUT2D eigenvalue weighted by atomic mass is 16.2. The van der Waals surface area contributed by atoms with Gasteiger partial charge in [0.25, 0.3) is 0 Å². The van der Waals surface area contributed by atoms with Gasteiger partial charge < -0.3 is 9.47 Å². The number of benzene rings is 1. The Morgan fingerprint density at radius 1 is 0.964 bits per heavy atom. The van der Waals surface area contributed by atoms with Crippen LogP contribution < -0.4 is 0 Å². The third-order valence-corrected chi connectivity index (χ3v) is 6.13. The molecule has 0 bridgehead atoms. The number of aryl methyl sites for hydroxylation is 1. The molecule has 1 atom stereocenters. The molecule has 1 aliphatic heterocycles. The van der Waals surface area contributed by atoms with Crippen LogP contribution in [0.3, 0.4) is 0 Å². The van der Waals surface area contributed by atoms with E-state index in [2.05, 4.69) is 35.8 Å². The Hall–Kier alpha value is -1.84. The highest BCUT2D eigenvalue weighted by Gasteiger charge is 2.31. The standard InChI is InChI=1S/C24H37N3O/c1-3-4-5-6-7-8-9-10-11-14-17-27-22-16-13-12-15-21(22)25-24(27)20-18-23(28)26(2)19-20/h12-13,15-16,20H,3-11,14,17-19H2,1-2H3. The first-order chi connectivity index (χ1) is 13.7. The molecule has 0 aliphatic carbocycles. The Labute approximate surface area is 170 Å². The second-order valence-electron chi connectivity index (χ2n) is 8.47. The Kier molecular flexibility index (Phi) is 7.93. The first-order valence-corrected chi connectivity index (χ1v) is 11.4. The number of unbranched alkanes of at least 4 members (excludes halogenated alkanes) is 9. The monoisotopic (exact) mass is 383 g/mol. The van der Waals surface area contributed by atoms with Crippen molar-refractivity contribution in [3.05, 3.63) is 30.1 Å². The number of nitrogens with zero attached hydrogens (tertiary/aromatic N) is 3. The normalized spacial score (nSPS) is 17.1. The van der Waals surface area contributed by atoms with Gasteiger partial charge in [-0.05, 0) is 18.6 Å². The predicted molar refractivity (Wildman–Crippen MR) is 117 cm³/mol. The molecule has 0 spiro atoms. The number of amides is 1. The molecule has 0 N–H and O–H groups in total. The molecule has 0 saturated carbocycles. The van der Waals surface area contributed by atoms with Crippen LogP contribution in [-0.2, 0) is 11.3 Å². The summed E-state index contributed by atoms with van der Waals surface area (Å²) in [5, 5.41) is 0. The number of likely N-dealkylation sites (N-methyl/N-ethyl adjacent to an activating group) is 1. The Morgan fingerprint density at radius 3 is 2.25 bits per heavy atom. The molecule has 4 nitrogen and oxygen atoms in total. The smallest absolute Gasteiger partial charge is 0.223 e. The van der Waals surface area contributed by atoms with E-state index in [0.29, 0.717) is 6.42 Å². The van der Waals surface area contributed by atoms with Crippen LogP contribution in [0.4, 0.5) is 0 Å². The van der Waals surface area contributed by atoms with Crippen LogP contribution >= 0.6 is 0 Å². The Morgan fingerprint density at radius 2 is 1.61 bits per heavy atom. The van der Waals surface area contributed by atoms with Gasteiger partial charge >= 0.3 is 0 Å². The Bertz CT molecular complexity index is 751. The molecule has 1 fully saturated rings. The SMILES string of the molecule is CCCCCCCCCCCCn1c(C2CC(=O)N(C)C2)nc2ccccc21. The zero-order chi connectivity index (χ0) is 19.8. The van der Waals surface area contributed by atoms with E-state index in [1.165, 1.54) is 69.7 Å². The first-order valence-electron chi connectivity index (χ1n) is 11.4. The minimum atomic E-state index is 0.230. The predicted octanol–water partition coefficient (Wildman–Crippen LogP) is 5.90. The topological polar surface area (TPSA) is 38.1 Å². The van der Waals surface area contributed by atoms with Crippen LogP contribution in [0.5, 0.6) is 0 Å². The van der Waals surface area contributed by atoms with Crippen LogP contribution in [0.15, 0.2) is 24.3 Å². The van der Waals surface area contributed by atoms with E-state index < -0.39 is 0 Å². The maximum absolute atomic E-state index is 12.0.